The molecule has 1 amide bonds. The molecule has 5 heteroatoms. The van der Waals surface area contributed by atoms with E-state index in [0.29, 0.717) is 6.54 Å². The van der Waals surface area contributed by atoms with Gasteiger partial charge in [0, 0.05) is 18.1 Å². The fourth-order valence-electron chi connectivity index (χ4n) is 2.90. The number of hydrogen-bond donors (Lipinski definition) is 1. The van der Waals surface area contributed by atoms with Crippen molar-refractivity contribution in [2.45, 2.75) is 33.7 Å². The van der Waals surface area contributed by atoms with Crippen molar-refractivity contribution in [3.8, 4) is 10.7 Å². The van der Waals surface area contributed by atoms with Crippen molar-refractivity contribution in [2.75, 3.05) is 0 Å². The average molecular weight is 351 g/mol. The SMILES string of the molecule is Cc1cc(C)c(CNC(=O)Cc2csc(-c3ccccn3)n2)c(C)c1. The van der Waals surface area contributed by atoms with E-state index in [0.717, 1.165) is 16.4 Å². The van der Waals surface area contributed by atoms with E-state index in [4.69, 9.17) is 0 Å². The van der Waals surface area contributed by atoms with Gasteiger partial charge in [-0.15, -0.1) is 11.3 Å². The van der Waals surface area contributed by atoms with Gasteiger partial charge in [-0.05, 0) is 49.6 Å². The van der Waals surface area contributed by atoms with Crippen LogP contribution in [0.15, 0.2) is 41.9 Å². The number of nitrogens with one attached hydrogen (secondary N) is 1. The summed E-state index contributed by atoms with van der Waals surface area (Å²) in [7, 11) is 0. The van der Waals surface area contributed by atoms with Gasteiger partial charge in [-0.25, -0.2) is 4.98 Å². The lowest BCUT2D eigenvalue weighted by Gasteiger charge is -2.12. The molecule has 0 fully saturated rings. The van der Waals surface area contributed by atoms with Gasteiger partial charge < -0.3 is 5.32 Å². The molecule has 0 aliphatic carbocycles. The first kappa shape index (κ1) is 17.3. The number of hydrogen-bond acceptors (Lipinski definition) is 4. The number of rotatable bonds is 5. The van der Waals surface area contributed by atoms with Crippen molar-refractivity contribution < 1.29 is 4.79 Å². The Morgan fingerprint density at radius 3 is 2.60 bits per heavy atom. The summed E-state index contributed by atoms with van der Waals surface area (Å²) in [5.41, 5.74) is 6.47. The maximum absolute atomic E-state index is 12.3. The molecule has 3 rings (SSSR count). The fourth-order valence-corrected chi connectivity index (χ4v) is 3.69. The van der Waals surface area contributed by atoms with Crippen LogP contribution < -0.4 is 5.32 Å². The number of carbonyl (C=O) groups is 1. The van der Waals surface area contributed by atoms with E-state index in [-0.39, 0.29) is 12.3 Å². The van der Waals surface area contributed by atoms with E-state index in [1.54, 1.807) is 6.20 Å². The van der Waals surface area contributed by atoms with Gasteiger partial charge in [-0.1, -0.05) is 23.8 Å². The summed E-state index contributed by atoms with van der Waals surface area (Å²) in [5, 5.41) is 5.77. The summed E-state index contributed by atoms with van der Waals surface area (Å²) in [5.74, 6) is -0.0164. The Balaban J connectivity index is 1.61. The van der Waals surface area contributed by atoms with Crippen LogP contribution >= 0.6 is 11.3 Å². The molecule has 0 unspecified atom stereocenters. The molecule has 25 heavy (non-hydrogen) atoms. The Morgan fingerprint density at radius 1 is 1.16 bits per heavy atom. The van der Waals surface area contributed by atoms with Crippen LogP contribution in [-0.2, 0) is 17.8 Å². The molecule has 0 aliphatic heterocycles. The molecule has 0 atom stereocenters. The van der Waals surface area contributed by atoms with Crippen LogP contribution in [0.5, 0.6) is 0 Å². The number of pyridine rings is 1. The molecule has 1 aromatic carbocycles. The molecular weight excluding hydrogens is 330 g/mol. The molecule has 4 nitrogen and oxygen atoms in total. The van der Waals surface area contributed by atoms with Gasteiger partial charge in [0.25, 0.3) is 0 Å². The predicted molar refractivity (Wildman–Crippen MR) is 102 cm³/mol. The quantitative estimate of drug-likeness (QED) is 0.756. The Labute approximate surface area is 152 Å². The third-order valence-corrected chi connectivity index (χ3v) is 4.99. The molecule has 1 N–H and O–H groups in total. The largest absolute Gasteiger partial charge is 0.352 e. The van der Waals surface area contributed by atoms with Crippen LogP contribution in [0.2, 0.25) is 0 Å². The highest BCUT2D eigenvalue weighted by Gasteiger charge is 2.11. The Hall–Kier alpha value is -2.53. The van der Waals surface area contributed by atoms with E-state index in [1.807, 2.05) is 23.6 Å². The second-order valence-corrected chi connectivity index (χ2v) is 7.05. The first-order valence-corrected chi connectivity index (χ1v) is 9.10. The van der Waals surface area contributed by atoms with E-state index in [9.17, 15) is 4.79 Å². The number of thiazole rings is 1. The van der Waals surface area contributed by atoms with Crippen LogP contribution in [0.1, 0.15) is 27.9 Å². The standard InChI is InChI=1S/C20H21N3OS/c1-13-8-14(2)17(15(3)9-13)11-22-19(24)10-16-12-25-20(23-16)18-6-4-5-7-21-18/h4-9,12H,10-11H2,1-3H3,(H,22,24). The highest BCUT2D eigenvalue weighted by molar-refractivity contribution is 7.13. The lowest BCUT2D eigenvalue weighted by atomic mass is 10.00. The molecule has 128 valence electrons. The molecule has 0 saturated heterocycles. The number of aryl methyl sites for hydroxylation is 3. The zero-order valence-electron chi connectivity index (χ0n) is 14.7. The second-order valence-electron chi connectivity index (χ2n) is 6.19. The average Bonchev–Trinajstić information content (AvgIpc) is 3.03. The van der Waals surface area contributed by atoms with Gasteiger partial charge in [0.1, 0.15) is 5.01 Å². The molecule has 0 saturated carbocycles. The van der Waals surface area contributed by atoms with Crippen LogP contribution in [0.4, 0.5) is 0 Å². The van der Waals surface area contributed by atoms with Crippen molar-refractivity contribution in [1.82, 2.24) is 15.3 Å². The van der Waals surface area contributed by atoms with Crippen molar-refractivity contribution >= 4 is 17.2 Å². The second kappa shape index (κ2) is 7.57. The molecule has 0 aliphatic rings. The monoisotopic (exact) mass is 351 g/mol. The van der Waals surface area contributed by atoms with E-state index >= 15 is 0 Å². The third kappa shape index (κ3) is 4.31. The summed E-state index contributed by atoms with van der Waals surface area (Å²) < 4.78 is 0. The summed E-state index contributed by atoms with van der Waals surface area (Å²) in [6.07, 6.45) is 2.03. The first-order valence-electron chi connectivity index (χ1n) is 8.22. The molecule has 0 radical (unpaired) electrons. The van der Waals surface area contributed by atoms with Gasteiger partial charge in [0.05, 0.1) is 17.8 Å². The zero-order chi connectivity index (χ0) is 17.8. The molecule has 3 aromatic rings. The topological polar surface area (TPSA) is 54.9 Å². The Bertz CT molecular complexity index is 864. The maximum Gasteiger partial charge on any atom is 0.226 e. The fraction of sp³-hybridized carbons (Fsp3) is 0.250. The normalized spacial score (nSPS) is 10.7. The number of amides is 1. The minimum absolute atomic E-state index is 0.0164. The van der Waals surface area contributed by atoms with Crippen LogP contribution in [-0.4, -0.2) is 15.9 Å². The first-order chi connectivity index (χ1) is 12.0. The van der Waals surface area contributed by atoms with Crippen molar-refractivity contribution in [3.05, 3.63) is 69.9 Å². The summed E-state index contributed by atoms with van der Waals surface area (Å²) in [6, 6.07) is 10.0. The number of carbonyl (C=O) groups excluding carboxylic acids is 1. The highest BCUT2D eigenvalue weighted by Crippen LogP contribution is 2.21. The van der Waals surface area contributed by atoms with Gasteiger partial charge >= 0.3 is 0 Å². The third-order valence-electron chi connectivity index (χ3n) is 4.08. The van der Waals surface area contributed by atoms with Crippen molar-refractivity contribution in [1.29, 1.82) is 0 Å². The number of benzene rings is 1. The lowest BCUT2D eigenvalue weighted by Crippen LogP contribution is -2.25. The Morgan fingerprint density at radius 2 is 1.92 bits per heavy atom. The minimum atomic E-state index is -0.0164. The zero-order valence-corrected chi connectivity index (χ0v) is 15.5. The van der Waals surface area contributed by atoms with Crippen molar-refractivity contribution in [3.63, 3.8) is 0 Å². The molecule has 2 heterocycles. The van der Waals surface area contributed by atoms with E-state index in [1.165, 1.54) is 33.6 Å². The van der Waals surface area contributed by atoms with Gasteiger partial charge in [0.15, 0.2) is 0 Å². The summed E-state index contributed by atoms with van der Waals surface area (Å²) in [4.78, 5) is 21.1. The molecule has 0 bridgehead atoms. The van der Waals surface area contributed by atoms with E-state index < -0.39 is 0 Å². The lowest BCUT2D eigenvalue weighted by molar-refractivity contribution is -0.120. The summed E-state index contributed by atoms with van der Waals surface area (Å²) >= 11 is 1.51. The van der Waals surface area contributed by atoms with Crippen LogP contribution in [0.25, 0.3) is 10.7 Å². The Kier molecular flexibility index (Phi) is 5.24. The smallest absolute Gasteiger partial charge is 0.226 e. The van der Waals surface area contributed by atoms with Gasteiger partial charge in [-0.3, -0.25) is 9.78 Å². The van der Waals surface area contributed by atoms with Gasteiger partial charge in [0.2, 0.25) is 5.91 Å². The summed E-state index contributed by atoms with van der Waals surface area (Å²) in [6.45, 7) is 6.81. The minimum Gasteiger partial charge on any atom is -0.352 e. The number of nitrogens with zero attached hydrogens (tertiary/aromatic N) is 2. The van der Waals surface area contributed by atoms with Gasteiger partial charge in [-0.2, -0.15) is 0 Å². The van der Waals surface area contributed by atoms with Crippen LogP contribution in [0, 0.1) is 20.8 Å². The molecular formula is C20H21N3OS. The predicted octanol–water partition coefficient (Wildman–Crippen LogP) is 3.99. The molecule has 2 aromatic heterocycles. The maximum atomic E-state index is 12.3. The van der Waals surface area contributed by atoms with E-state index in [2.05, 4.69) is 48.2 Å². The van der Waals surface area contributed by atoms with Crippen LogP contribution in [0.3, 0.4) is 0 Å². The highest BCUT2D eigenvalue weighted by atomic mass is 32.1. The van der Waals surface area contributed by atoms with Crippen molar-refractivity contribution in [2.24, 2.45) is 0 Å². The molecule has 0 spiro atoms. The number of aromatic nitrogens is 2.